The van der Waals surface area contributed by atoms with Crippen LogP contribution in [0.3, 0.4) is 0 Å². The molecule has 0 fully saturated rings. The molecule has 0 saturated heterocycles. The van der Waals surface area contributed by atoms with E-state index in [4.69, 9.17) is 16.3 Å². The first-order valence-electron chi connectivity index (χ1n) is 8.53. The van der Waals surface area contributed by atoms with Gasteiger partial charge in [0.1, 0.15) is 11.5 Å². The van der Waals surface area contributed by atoms with Crippen molar-refractivity contribution in [1.82, 2.24) is 0 Å². The van der Waals surface area contributed by atoms with E-state index in [1.165, 1.54) is 30.3 Å². The Hall–Kier alpha value is -2.69. The maximum atomic E-state index is 11.7. The number of aliphatic carboxylic acids is 1. The number of phenols is 1. The molecule has 0 aliphatic carbocycles. The third kappa shape index (κ3) is 5.89. The second kappa shape index (κ2) is 8.36. The van der Waals surface area contributed by atoms with Crippen LogP contribution in [-0.4, -0.2) is 37.0 Å². The molecule has 6 nitrogen and oxygen atoms in total. The smallest absolute Gasteiger partial charge is 0.345 e. The summed E-state index contributed by atoms with van der Waals surface area (Å²) in [6.07, 6.45) is -0.0795. The van der Waals surface area contributed by atoms with E-state index in [9.17, 15) is 23.4 Å². The van der Waals surface area contributed by atoms with Crippen molar-refractivity contribution in [2.45, 2.75) is 31.8 Å². The van der Waals surface area contributed by atoms with Crippen molar-refractivity contribution < 1.29 is 28.2 Å². The van der Waals surface area contributed by atoms with Gasteiger partial charge >= 0.3 is 5.97 Å². The lowest BCUT2D eigenvalue weighted by atomic mass is 9.89. The molecule has 0 aliphatic rings. The molecule has 2 aromatic carbocycles. The molecule has 2 aromatic rings. The normalized spacial score (nSPS) is 12.6. The van der Waals surface area contributed by atoms with Crippen molar-refractivity contribution >= 4 is 27.4 Å². The predicted molar refractivity (Wildman–Crippen MR) is 110 cm³/mol. The molecule has 1 unspecified atom stereocenters. The van der Waals surface area contributed by atoms with Crippen LogP contribution < -0.4 is 4.74 Å². The zero-order valence-corrected chi connectivity index (χ0v) is 17.9. The van der Waals surface area contributed by atoms with E-state index in [-0.39, 0.29) is 22.0 Å². The number of hydrogen-bond donors (Lipinski definition) is 2. The number of ether oxygens (including phenoxy) is 1. The topological polar surface area (TPSA) is 101 Å². The molecule has 0 radical (unpaired) electrons. The summed E-state index contributed by atoms with van der Waals surface area (Å²) in [5, 5.41) is 19.8. The van der Waals surface area contributed by atoms with Crippen molar-refractivity contribution in [3.05, 3.63) is 52.5 Å². The van der Waals surface area contributed by atoms with Crippen LogP contribution in [-0.2, 0) is 14.6 Å². The third-order valence-electron chi connectivity index (χ3n) is 3.93. The minimum atomic E-state index is -3.47. The number of carbonyl (C=O) groups is 1. The van der Waals surface area contributed by atoms with E-state index in [2.05, 4.69) is 11.8 Å². The highest BCUT2D eigenvalue weighted by molar-refractivity contribution is 7.90. The Kier molecular flexibility index (Phi) is 6.51. The summed E-state index contributed by atoms with van der Waals surface area (Å²) >= 11 is 6.04. The third-order valence-corrected chi connectivity index (χ3v) is 5.27. The Bertz CT molecular complexity index is 1100. The molecular formula is C21H21ClO6S. The molecule has 1 atom stereocenters. The van der Waals surface area contributed by atoms with Gasteiger partial charge in [0.05, 0.1) is 16.0 Å². The number of benzene rings is 2. The fourth-order valence-electron chi connectivity index (χ4n) is 2.41. The van der Waals surface area contributed by atoms with Gasteiger partial charge in [-0.25, -0.2) is 13.2 Å². The van der Waals surface area contributed by atoms with Crippen LogP contribution in [0.5, 0.6) is 11.5 Å². The quantitative estimate of drug-likeness (QED) is 0.708. The summed E-state index contributed by atoms with van der Waals surface area (Å²) in [6.45, 7) is 5.21. The summed E-state index contributed by atoms with van der Waals surface area (Å²) in [5.41, 5.74) is -0.278. The highest BCUT2D eigenvalue weighted by Crippen LogP contribution is 2.29. The van der Waals surface area contributed by atoms with Crippen LogP contribution in [0, 0.1) is 17.3 Å². The standard InChI is InChI=1S/C21H21ClO6S/c1-21(2,3)19(20(24)25)28-18-10-7-15(22)11-14(18)6-5-13-12-16(29(4,26)27)8-9-17(13)23/h7-12,19,23H,1-4H3,(H,24,25). The molecule has 0 saturated carbocycles. The molecule has 2 rings (SSSR count). The minimum Gasteiger partial charge on any atom is -0.507 e. The van der Waals surface area contributed by atoms with E-state index in [0.717, 1.165) is 6.26 Å². The molecule has 0 aromatic heterocycles. The molecule has 0 heterocycles. The number of rotatable bonds is 4. The summed E-state index contributed by atoms with van der Waals surface area (Å²) in [5.74, 6) is 4.38. The highest BCUT2D eigenvalue weighted by atomic mass is 35.5. The Morgan fingerprint density at radius 3 is 2.28 bits per heavy atom. The lowest BCUT2D eigenvalue weighted by Gasteiger charge is -2.28. The molecule has 29 heavy (non-hydrogen) atoms. The molecule has 2 N–H and O–H groups in total. The highest BCUT2D eigenvalue weighted by Gasteiger charge is 2.33. The summed E-state index contributed by atoms with van der Waals surface area (Å²) < 4.78 is 29.2. The average molecular weight is 437 g/mol. The van der Waals surface area contributed by atoms with Crippen LogP contribution in [0.2, 0.25) is 5.02 Å². The molecule has 0 bridgehead atoms. The van der Waals surface area contributed by atoms with Crippen LogP contribution in [0.25, 0.3) is 0 Å². The summed E-state index contributed by atoms with van der Waals surface area (Å²) in [4.78, 5) is 11.6. The van der Waals surface area contributed by atoms with E-state index in [1.54, 1.807) is 26.8 Å². The van der Waals surface area contributed by atoms with Crippen molar-refractivity contribution in [2.24, 2.45) is 5.41 Å². The Balaban J connectivity index is 2.51. The number of carboxylic acids is 1. The molecule has 0 amide bonds. The van der Waals surface area contributed by atoms with Crippen molar-refractivity contribution in [1.29, 1.82) is 0 Å². The van der Waals surface area contributed by atoms with E-state index in [0.29, 0.717) is 10.6 Å². The SMILES string of the molecule is CC(C)(C)C(Oc1ccc(Cl)cc1C#Cc1cc(S(C)(=O)=O)ccc1O)C(=O)O. The van der Waals surface area contributed by atoms with Gasteiger partial charge in [0, 0.05) is 16.7 Å². The van der Waals surface area contributed by atoms with Gasteiger partial charge in [0.25, 0.3) is 0 Å². The predicted octanol–water partition coefficient (Wildman–Crippen LogP) is 3.73. The second-order valence-electron chi connectivity index (χ2n) is 7.54. The number of halogens is 1. The number of hydrogen-bond acceptors (Lipinski definition) is 5. The van der Waals surface area contributed by atoms with Crippen LogP contribution in [0.1, 0.15) is 31.9 Å². The molecule has 0 spiro atoms. The molecular weight excluding hydrogens is 416 g/mol. The zero-order valence-electron chi connectivity index (χ0n) is 16.4. The summed E-state index contributed by atoms with van der Waals surface area (Å²) in [7, 11) is -3.47. The van der Waals surface area contributed by atoms with Crippen molar-refractivity contribution in [3.8, 4) is 23.3 Å². The van der Waals surface area contributed by atoms with Crippen LogP contribution in [0.4, 0.5) is 0 Å². The van der Waals surface area contributed by atoms with Gasteiger partial charge in [-0.2, -0.15) is 0 Å². The molecule has 0 aliphatic heterocycles. The minimum absolute atomic E-state index is 0.0147. The van der Waals surface area contributed by atoms with Crippen molar-refractivity contribution in [3.63, 3.8) is 0 Å². The van der Waals surface area contributed by atoms with Gasteiger partial charge < -0.3 is 14.9 Å². The Morgan fingerprint density at radius 1 is 1.10 bits per heavy atom. The number of phenolic OH excluding ortho intramolecular Hbond substituents is 1. The number of aromatic hydroxyl groups is 1. The van der Waals surface area contributed by atoms with Gasteiger partial charge in [-0.3, -0.25) is 0 Å². The maximum Gasteiger partial charge on any atom is 0.345 e. The first kappa shape index (κ1) is 22.6. The fourth-order valence-corrected chi connectivity index (χ4v) is 3.23. The fraction of sp³-hybridized carbons (Fsp3) is 0.286. The summed E-state index contributed by atoms with van der Waals surface area (Å²) in [6, 6.07) is 8.35. The Labute approximate surface area is 175 Å². The van der Waals surface area contributed by atoms with Gasteiger partial charge in [0.2, 0.25) is 0 Å². The average Bonchev–Trinajstić information content (AvgIpc) is 2.57. The first-order chi connectivity index (χ1) is 13.3. The van der Waals surface area contributed by atoms with Gasteiger partial charge in [-0.15, -0.1) is 0 Å². The molecule has 154 valence electrons. The van der Waals surface area contributed by atoms with Crippen LogP contribution in [0.15, 0.2) is 41.3 Å². The van der Waals surface area contributed by atoms with Crippen molar-refractivity contribution in [2.75, 3.05) is 6.26 Å². The van der Waals surface area contributed by atoms with E-state index < -0.39 is 27.3 Å². The second-order valence-corrected chi connectivity index (χ2v) is 10.00. The lowest BCUT2D eigenvalue weighted by Crippen LogP contribution is -2.39. The van der Waals surface area contributed by atoms with E-state index >= 15 is 0 Å². The first-order valence-corrected chi connectivity index (χ1v) is 10.8. The number of carboxylic acid groups (broad SMARTS) is 1. The molecule has 8 heteroatoms. The van der Waals surface area contributed by atoms with Gasteiger partial charge in [-0.05, 0) is 36.4 Å². The Morgan fingerprint density at radius 2 is 1.72 bits per heavy atom. The van der Waals surface area contributed by atoms with E-state index in [1.807, 2.05) is 0 Å². The van der Waals surface area contributed by atoms with Gasteiger partial charge in [-0.1, -0.05) is 44.2 Å². The van der Waals surface area contributed by atoms with Gasteiger partial charge in [0.15, 0.2) is 15.9 Å². The number of sulfone groups is 1. The van der Waals surface area contributed by atoms with Crippen LogP contribution >= 0.6 is 11.6 Å². The maximum absolute atomic E-state index is 11.7. The zero-order chi connectivity index (χ0) is 22.0. The monoisotopic (exact) mass is 436 g/mol. The largest absolute Gasteiger partial charge is 0.507 e. The lowest BCUT2D eigenvalue weighted by molar-refractivity contribution is -0.150.